The van der Waals surface area contributed by atoms with Gasteiger partial charge in [-0.1, -0.05) is 0 Å². The molecule has 6 heteroatoms. The summed E-state index contributed by atoms with van der Waals surface area (Å²) >= 11 is 0. The number of aromatic hydroxyl groups is 2. The van der Waals surface area contributed by atoms with E-state index in [1.54, 1.807) is 0 Å². The minimum Gasteiger partial charge on any atom is -0.504 e. The van der Waals surface area contributed by atoms with E-state index >= 15 is 0 Å². The van der Waals surface area contributed by atoms with E-state index in [1.807, 2.05) is 0 Å². The van der Waals surface area contributed by atoms with E-state index in [4.69, 9.17) is 5.90 Å². The highest BCUT2D eigenvalue weighted by atomic mass is 16.6. The van der Waals surface area contributed by atoms with Crippen molar-refractivity contribution in [2.75, 3.05) is 7.11 Å². The number of methoxy groups -OCH3 is 1. The molecule has 6 nitrogen and oxygen atoms in total. The Hall–Kier alpha value is -1.95. The zero-order valence-electron chi connectivity index (χ0n) is 7.35. The number of hydrogen-bond donors (Lipinski definition) is 3. The lowest BCUT2D eigenvalue weighted by atomic mass is 10.2. The molecule has 0 aliphatic carbocycles. The lowest BCUT2D eigenvalue weighted by Gasteiger charge is -2.06. The maximum Gasteiger partial charge on any atom is 0.338 e. The smallest absolute Gasteiger partial charge is 0.338 e. The van der Waals surface area contributed by atoms with Gasteiger partial charge in [-0.15, -0.1) is 0 Å². The van der Waals surface area contributed by atoms with Crippen LogP contribution in [0.4, 0.5) is 0 Å². The van der Waals surface area contributed by atoms with Crippen molar-refractivity contribution in [3.63, 3.8) is 0 Å². The third-order valence-corrected chi connectivity index (χ3v) is 1.59. The van der Waals surface area contributed by atoms with Gasteiger partial charge in [-0.25, -0.2) is 4.79 Å². The molecule has 0 spiro atoms. The van der Waals surface area contributed by atoms with Crippen molar-refractivity contribution < 1.29 is 24.6 Å². The van der Waals surface area contributed by atoms with E-state index in [9.17, 15) is 15.0 Å². The molecule has 0 saturated carbocycles. The number of carbonyl (C=O) groups excluding carboxylic acids is 1. The van der Waals surface area contributed by atoms with Crippen LogP contribution in [0.2, 0.25) is 0 Å². The Kier molecular flexibility index (Phi) is 2.78. The van der Waals surface area contributed by atoms with Gasteiger partial charge in [0.1, 0.15) is 0 Å². The fourth-order valence-corrected chi connectivity index (χ4v) is 0.955. The third-order valence-electron chi connectivity index (χ3n) is 1.59. The van der Waals surface area contributed by atoms with Crippen molar-refractivity contribution in [1.29, 1.82) is 0 Å². The maximum absolute atomic E-state index is 11.0. The first-order valence-electron chi connectivity index (χ1n) is 3.61. The summed E-state index contributed by atoms with van der Waals surface area (Å²) in [4.78, 5) is 15.2. The van der Waals surface area contributed by atoms with Crippen molar-refractivity contribution in [3.8, 4) is 17.2 Å². The molecule has 0 atom stereocenters. The number of benzene rings is 1. The number of esters is 1. The lowest BCUT2D eigenvalue weighted by Crippen LogP contribution is -2.05. The second-order valence-corrected chi connectivity index (χ2v) is 2.45. The van der Waals surface area contributed by atoms with Crippen LogP contribution in [-0.4, -0.2) is 23.3 Å². The molecule has 1 aromatic carbocycles. The molecule has 0 radical (unpaired) electrons. The first-order valence-corrected chi connectivity index (χ1v) is 3.61. The van der Waals surface area contributed by atoms with Crippen LogP contribution in [0.25, 0.3) is 0 Å². The zero-order chi connectivity index (χ0) is 10.7. The van der Waals surface area contributed by atoms with E-state index in [-0.39, 0.29) is 11.3 Å². The fourth-order valence-electron chi connectivity index (χ4n) is 0.955. The summed E-state index contributed by atoms with van der Waals surface area (Å²) in [6.45, 7) is 0. The predicted molar refractivity (Wildman–Crippen MR) is 45.9 cm³/mol. The Labute approximate surface area is 79.4 Å². The molecule has 0 aromatic heterocycles. The quantitative estimate of drug-likeness (QED) is 0.462. The number of phenolic OH excluding ortho intramolecular Hbond substituents is 2. The highest BCUT2D eigenvalue weighted by Gasteiger charge is 2.15. The number of ether oxygens (including phenoxy) is 1. The van der Waals surface area contributed by atoms with Crippen molar-refractivity contribution >= 4 is 5.97 Å². The van der Waals surface area contributed by atoms with Crippen molar-refractivity contribution in [1.82, 2.24) is 0 Å². The number of phenols is 2. The van der Waals surface area contributed by atoms with Crippen LogP contribution in [0.3, 0.4) is 0 Å². The summed E-state index contributed by atoms with van der Waals surface area (Å²) in [7, 11) is 1.18. The van der Waals surface area contributed by atoms with Gasteiger partial charge in [-0.05, 0) is 12.1 Å². The van der Waals surface area contributed by atoms with Gasteiger partial charge in [0.25, 0.3) is 0 Å². The number of carbonyl (C=O) groups is 1. The van der Waals surface area contributed by atoms with Gasteiger partial charge < -0.3 is 19.8 Å². The van der Waals surface area contributed by atoms with E-state index in [1.165, 1.54) is 7.11 Å². The van der Waals surface area contributed by atoms with Crippen molar-refractivity contribution in [3.05, 3.63) is 17.7 Å². The highest BCUT2D eigenvalue weighted by Crippen LogP contribution is 2.36. The summed E-state index contributed by atoms with van der Waals surface area (Å²) in [5, 5.41) is 18.5. The molecule has 0 amide bonds. The largest absolute Gasteiger partial charge is 0.504 e. The fraction of sp³-hybridized carbons (Fsp3) is 0.125. The number of rotatable bonds is 2. The molecular weight excluding hydrogens is 190 g/mol. The SMILES string of the molecule is COC(=O)c1cc(O)c(ON)c(O)c1. The van der Waals surface area contributed by atoms with Gasteiger partial charge in [-0.3, -0.25) is 0 Å². The van der Waals surface area contributed by atoms with Crippen molar-refractivity contribution in [2.24, 2.45) is 5.90 Å². The minimum atomic E-state index is -0.681. The standard InChI is InChI=1S/C8H9NO5/c1-13-8(12)4-2-5(10)7(14-9)6(11)3-4/h2-3,10-11H,9H2,1H3. The Balaban J connectivity index is 3.20. The van der Waals surface area contributed by atoms with Crippen LogP contribution in [0.1, 0.15) is 10.4 Å². The minimum absolute atomic E-state index is 0.00306. The second-order valence-electron chi connectivity index (χ2n) is 2.45. The van der Waals surface area contributed by atoms with Crippen LogP contribution < -0.4 is 10.7 Å². The van der Waals surface area contributed by atoms with Crippen LogP contribution in [0.5, 0.6) is 17.2 Å². The molecule has 1 aromatic rings. The molecule has 14 heavy (non-hydrogen) atoms. The van der Waals surface area contributed by atoms with Crippen molar-refractivity contribution in [2.45, 2.75) is 0 Å². The summed E-state index contributed by atoms with van der Waals surface area (Å²) in [5.41, 5.74) is 0.00306. The highest BCUT2D eigenvalue weighted by molar-refractivity contribution is 5.90. The molecule has 76 valence electrons. The Morgan fingerprint density at radius 1 is 1.36 bits per heavy atom. The third kappa shape index (κ3) is 1.69. The van der Waals surface area contributed by atoms with Crippen LogP contribution in [0, 0.1) is 0 Å². The number of nitrogens with two attached hydrogens (primary N) is 1. The lowest BCUT2D eigenvalue weighted by molar-refractivity contribution is 0.0599. The molecule has 4 N–H and O–H groups in total. The van der Waals surface area contributed by atoms with Crippen LogP contribution in [-0.2, 0) is 4.74 Å². The zero-order valence-corrected chi connectivity index (χ0v) is 7.35. The predicted octanol–water partition coefficient (Wildman–Crippen LogP) is 0.137. The van der Waals surface area contributed by atoms with E-state index in [0.29, 0.717) is 0 Å². The molecule has 1 rings (SSSR count). The summed E-state index contributed by atoms with van der Waals surface area (Å²) < 4.78 is 4.39. The van der Waals surface area contributed by atoms with Crippen LogP contribution >= 0.6 is 0 Å². The molecule has 0 saturated heterocycles. The monoisotopic (exact) mass is 199 g/mol. The maximum atomic E-state index is 11.0. The van der Waals surface area contributed by atoms with Crippen LogP contribution in [0.15, 0.2) is 12.1 Å². The molecule has 0 aliphatic rings. The van der Waals surface area contributed by atoms with Gasteiger partial charge in [0, 0.05) is 0 Å². The average Bonchev–Trinajstić information content (AvgIpc) is 2.16. The van der Waals surface area contributed by atoms with Gasteiger partial charge in [-0.2, -0.15) is 5.90 Å². The van der Waals surface area contributed by atoms with Gasteiger partial charge in [0.2, 0.25) is 5.75 Å². The molecular formula is C8H9NO5. The Morgan fingerprint density at radius 2 is 1.86 bits per heavy atom. The normalized spacial score (nSPS) is 9.57. The summed E-state index contributed by atoms with van der Waals surface area (Å²) in [6, 6.07) is 2.15. The van der Waals surface area contributed by atoms with Gasteiger partial charge in [0.05, 0.1) is 12.7 Å². The molecule has 0 bridgehead atoms. The Morgan fingerprint density at radius 3 is 2.21 bits per heavy atom. The molecule has 0 fully saturated rings. The first kappa shape index (κ1) is 10.1. The summed E-state index contributed by atoms with van der Waals surface area (Å²) in [6.07, 6.45) is 0. The molecule has 0 heterocycles. The molecule has 0 unspecified atom stereocenters. The van der Waals surface area contributed by atoms with E-state index in [2.05, 4.69) is 9.57 Å². The van der Waals surface area contributed by atoms with E-state index < -0.39 is 17.5 Å². The van der Waals surface area contributed by atoms with Gasteiger partial charge in [0.15, 0.2) is 11.5 Å². The molecule has 0 aliphatic heterocycles. The first-order chi connectivity index (χ1) is 6.60. The Bertz CT molecular complexity index is 340. The topological polar surface area (TPSA) is 102 Å². The van der Waals surface area contributed by atoms with Gasteiger partial charge >= 0.3 is 5.97 Å². The number of hydrogen-bond acceptors (Lipinski definition) is 6. The summed E-state index contributed by atoms with van der Waals surface area (Å²) in [5.74, 6) is 2.92. The average molecular weight is 199 g/mol. The van der Waals surface area contributed by atoms with E-state index in [0.717, 1.165) is 12.1 Å². The second kappa shape index (κ2) is 3.84.